The predicted molar refractivity (Wildman–Crippen MR) is 216 cm³/mol. The number of aryl methyl sites for hydroxylation is 2. The molecule has 0 saturated heterocycles. The molecule has 4 aromatic carbocycles. The van der Waals surface area contributed by atoms with Gasteiger partial charge in [0.05, 0.1) is 28.1 Å². The third kappa shape index (κ3) is 5.75. The number of fused-ring (bicyclic) bond motifs is 4. The Morgan fingerprint density at radius 1 is 0.604 bits per heavy atom. The van der Waals surface area contributed by atoms with Gasteiger partial charge in [-0.3, -0.25) is 9.55 Å². The molecule has 0 amide bonds. The summed E-state index contributed by atoms with van der Waals surface area (Å²) in [5.41, 5.74) is 11.1. The normalized spacial score (nSPS) is 12.8. The van der Waals surface area contributed by atoms with Gasteiger partial charge in [-0.1, -0.05) is 51.1 Å². The number of para-hydroxylation sites is 1. The van der Waals surface area contributed by atoms with Gasteiger partial charge in [0.15, 0.2) is 5.82 Å². The Kier molecular flexibility index (Phi) is 7.73. The standard InChI is InChI=1S/C46H40N6O/c1-30-24-32(39-15-8-9-21-47-39)25-31(2)44(30)51-29-50(41-17-11-22-49-45(41)51)34-12-10-13-35(27-34)53-36-18-19-38-37-14-6-7-16-40(37)52(42(38)28-36)43-26-33(20-23-48-43)46(3,4)5/h6-28H,29H2,1-5H3. The van der Waals surface area contributed by atoms with Crippen LogP contribution in [0, 0.1) is 13.8 Å². The Balaban J connectivity index is 1.06. The fourth-order valence-electron chi connectivity index (χ4n) is 7.67. The molecule has 8 aromatic rings. The van der Waals surface area contributed by atoms with Crippen molar-refractivity contribution in [1.29, 1.82) is 0 Å². The highest BCUT2D eigenvalue weighted by molar-refractivity contribution is 6.09. The third-order valence-electron chi connectivity index (χ3n) is 10.2. The molecule has 7 heteroatoms. The Labute approximate surface area is 309 Å². The number of pyridine rings is 3. The lowest BCUT2D eigenvalue weighted by Crippen LogP contribution is -2.25. The molecule has 0 radical (unpaired) electrons. The maximum Gasteiger partial charge on any atom is 0.158 e. The van der Waals surface area contributed by atoms with E-state index < -0.39 is 0 Å². The predicted octanol–water partition coefficient (Wildman–Crippen LogP) is 11.6. The van der Waals surface area contributed by atoms with Crippen LogP contribution >= 0.6 is 0 Å². The van der Waals surface area contributed by atoms with Crippen LogP contribution < -0.4 is 14.5 Å². The van der Waals surface area contributed by atoms with Crippen LogP contribution in [0.2, 0.25) is 0 Å². The van der Waals surface area contributed by atoms with Gasteiger partial charge in [-0.25, -0.2) is 9.97 Å². The second-order valence-corrected chi connectivity index (χ2v) is 14.8. The number of rotatable bonds is 6. The molecule has 0 N–H and O–H groups in total. The van der Waals surface area contributed by atoms with Gasteiger partial charge in [-0.15, -0.1) is 0 Å². The Morgan fingerprint density at radius 3 is 2.19 bits per heavy atom. The van der Waals surface area contributed by atoms with Crippen molar-refractivity contribution >= 4 is 44.7 Å². The first-order chi connectivity index (χ1) is 25.7. The number of hydrogen-bond acceptors (Lipinski definition) is 6. The number of benzene rings is 4. The van der Waals surface area contributed by atoms with Crippen molar-refractivity contribution in [1.82, 2.24) is 19.5 Å². The first-order valence-corrected chi connectivity index (χ1v) is 18.0. The van der Waals surface area contributed by atoms with E-state index >= 15 is 0 Å². The van der Waals surface area contributed by atoms with E-state index in [1.54, 1.807) is 0 Å². The summed E-state index contributed by atoms with van der Waals surface area (Å²) in [6.07, 6.45) is 5.62. The van der Waals surface area contributed by atoms with Crippen LogP contribution in [0.25, 0.3) is 38.9 Å². The zero-order chi connectivity index (χ0) is 36.3. The van der Waals surface area contributed by atoms with E-state index in [0.29, 0.717) is 6.67 Å². The van der Waals surface area contributed by atoms with Gasteiger partial charge < -0.3 is 14.5 Å². The number of hydrogen-bond donors (Lipinski definition) is 0. The molecule has 0 atom stereocenters. The first-order valence-electron chi connectivity index (χ1n) is 18.0. The third-order valence-corrected chi connectivity index (χ3v) is 10.2. The lowest BCUT2D eigenvalue weighted by molar-refractivity contribution is 0.483. The number of ether oxygens (including phenoxy) is 1. The fraction of sp³-hybridized carbons (Fsp3) is 0.152. The summed E-state index contributed by atoms with van der Waals surface area (Å²) in [6, 6.07) is 42.1. The molecule has 0 fully saturated rings. The maximum atomic E-state index is 6.65. The van der Waals surface area contributed by atoms with Gasteiger partial charge in [0.25, 0.3) is 0 Å². The zero-order valence-electron chi connectivity index (χ0n) is 30.6. The number of nitrogens with zero attached hydrogens (tertiary/aromatic N) is 6. The molecule has 0 bridgehead atoms. The topological polar surface area (TPSA) is 59.3 Å². The average molecular weight is 693 g/mol. The van der Waals surface area contributed by atoms with Crippen molar-refractivity contribution in [2.75, 3.05) is 16.5 Å². The SMILES string of the molecule is Cc1cc(-c2ccccn2)cc(C)c1N1CN(c2cccc(Oc3ccc4c5ccccc5n(-c5cc(C(C)(C)C)ccn5)c4c3)c2)c2cccnc21. The van der Waals surface area contributed by atoms with Crippen LogP contribution in [-0.4, -0.2) is 26.2 Å². The van der Waals surface area contributed by atoms with Crippen molar-refractivity contribution in [3.8, 4) is 28.6 Å². The molecule has 0 saturated carbocycles. The molecule has 4 aromatic heterocycles. The van der Waals surface area contributed by atoms with Gasteiger partial charge in [-0.2, -0.15) is 0 Å². The van der Waals surface area contributed by atoms with E-state index in [2.05, 4.69) is 151 Å². The summed E-state index contributed by atoms with van der Waals surface area (Å²) in [5, 5.41) is 2.34. The van der Waals surface area contributed by atoms with E-state index in [0.717, 1.165) is 67.9 Å². The zero-order valence-corrected chi connectivity index (χ0v) is 30.6. The van der Waals surface area contributed by atoms with Crippen molar-refractivity contribution in [3.05, 3.63) is 157 Å². The van der Waals surface area contributed by atoms with Gasteiger partial charge in [-0.05, 0) is 115 Å². The summed E-state index contributed by atoms with van der Waals surface area (Å²) in [4.78, 5) is 18.9. The molecule has 9 rings (SSSR count). The summed E-state index contributed by atoms with van der Waals surface area (Å²) in [7, 11) is 0. The quantitative estimate of drug-likeness (QED) is 0.173. The van der Waals surface area contributed by atoms with Crippen molar-refractivity contribution in [2.24, 2.45) is 0 Å². The summed E-state index contributed by atoms with van der Waals surface area (Å²) in [5.74, 6) is 3.34. The van der Waals surface area contributed by atoms with Crippen molar-refractivity contribution in [2.45, 2.75) is 40.0 Å². The smallest absolute Gasteiger partial charge is 0.158 e. The Hall–Kier alpha value is -6.47. The molecule has 1 aliphatic heterocycles. The van der Waals surface area contributed by atoms with Crippen LogP contribution in [0.4, 0.5) is 22.9 Å². The highest BCUT2D eigenvalue weighted by atomic mass is 16.5. The molecule has 260 valence electrons. The minimum absolute atomic E-state index is 0.00105. The van der Waals surface area contributed by atoms with Gasteiger partial charge >= 0.3 is 0 Å². The van der Waals surface area contributed by atoms with Gasteiger partial charge in [0, 0.05) is 52.7 Å². The van der Waals surface area contributed by atoms with Crippen LogP contribution in [0.1, 0.15) is 37.5 Å². The molecular weight excluding hydrogens is 653 g/mol. The summed E-state index contributed by atoms with van der Waals surface area (Å²) >= 11 is 0. The van der Waals surface area contributed by atoms with Gasteiger partial charge in [0.2, 0.25) is 0 Å². The highest BCUT2D eigenvalue weighted by Crippen LogP contribution is 2.46. The average Bonchev–Trinajstić information content (AvgIpc) is 3.71. The highest BCUT2D eigenvalue weighted by Gasteiger charge is 2.31. The first kappa shape index (κ1) is 32.4. The molecule has 5 heterocycles. The van der Waals surface area contributed by atoms with E-state index in [4.69, 9.17) is 14.7 Å². The van der Waals surface area contributed by atoms with Crippen LogP contribution in [0.3, 0.4) is 0 Å². The van der Waals surface area contributed by atoms with Crippen LogP contribution in [0.5, 0.6) is 11.5 Å². The van der Waals surface area contributed by atoms with E-state index in [1.807, 2.05) is 42.9 Å². The van der Waals surface area contributed by atoms with Crippen molar-refractivity contribution in [3.63, 3.8) is 0 Å². The molecule has 1 aliphatic rings. The van der Waals surface area contributed by atoms with Crippen molar-refractivity contribution < 1.29 is 4.74 Å². The number of aromatic nitrogens is 4. The molecule has 0 spiro atoms. The summed E-state index contributed by atoms with van der Waals surface area (Å²) in [6.45, 7) is 11.7. The Bertz CT molecular complexity index is 2630. The second-order valence-electron chi connectivity index (χ2n) is 14.8. The number of anilines is 4. The molecule has 0 unspecified atom stereocenters. The summed E-state index contributed by atoms with van der Waals surface area (Å²) < 4.78 is 8.90. The second kappa shape index (κ2) is 12.6. The molecule has 53 heavy (non-hydrogen) atoms. The minimum Gasteiger partial charge on any atom is -0.457 e. The van der Waals surface area contributed by atoms with Gasteiger partial charge in [0.1, 0.15) is 24.0 Å². The maximum absolute atomic E-state index is 6.65. The lowest BCUT2D eigenvalue weighted by Gasteiger charge is -2.25. The van der Waals surface area contributed by atoms with Crippen LogP contribution in [-0.2, 0) is 5.41 Å². The molecule has 7 nitrogen and oxygen atoms in total. The Morgan fingerprint density at radius 2 is 1.38 bits per heavy atom. The van der Waals surface area contributed by atoms with E-state index in [-0.39, 0.29) is 5.41 Å². The molecular formula is C46H40N6O. The lowest BCUT2D eigenvalue weighted by atomic mass is 9.88. The van der Waals surface area contributed by atoms with E-state index in [1.165, 1.54) is 22.1 Å². The minimum atomic E-state index is 0.00105. The fourth-order valence-corrected chi connectivity index (χ4v) is 7.67. The largest absolute Gasteiger partial charge is 0.457 e. The van der Waals surface area contributed by atoms with E-state index in [9.17, 15) is 0 Å². The molecule has 0 aliphatic carbocycles. The van der Waals surface area contributed by atoms with Crippen LogP contribution in [0.15, 0.2) is 140 Å². The monoisotopic (exact) mass is 692 g/mol.